The molecule has 1 fully saturated rings. The van der Waals surface area contributed by atoms with E-state index in [1.807, 2.05) is 0 Å². The Hall–Kier alpha value is -2.69. The van der Waals surface area contributed by atoms with E-state index in [4.69, 9.17) is 10.8 Å². The van der Waals surface area contributed by atoms with Gasteiger partial charge in [0, 0.05) is 13.0 Å². The van der Waals surface area contributed by atoms with Crippen molar-refractivity contribution in [2.24, 2.45) is 11.7 Å². The standard InChI is InChI=1S/C18H30N4O7/c1-9(2)14(19)16(26)20-10(3)17(27)22-8-4-5-12(22)15(25)21-11(18(28)29)6-7-13(23)24/h9-12,14H,4-8,19H2,1-3H3,(H,20,26)(H,21,25)(H,23,24)(H,28,29)/t10-,11-,12-,14-/m0/s1. The van der Waals surface area contributed by atoms with Crippen LogP contribution >= 0.6 is 0 Å². The van der Waals surface area contributed by atoms with E-state index in [2.05, 4.69) is 10.6 Å². The van der Waals surface area contributed by atoms with Crippen LogP contribution in [-0.2, 0) is 24.0 Å². The van der Waals surface area contributed by atoms with Gasteiger partial charge in [-0.25, -0.2) is 4.79 Å². The Balaban J connectivity index is 2.76. The maximum atomic E-state index is 12.7. The van der Waals surface area contributed by atoms with Crippen LogP contribution in [0.5, 0.6) is 0 Å². The van der Waals surface area contributed by atoms with Crippen LogP contribution in [0.4, 0.5) is 0 Å². The molecule has 29 heavy (non-hydrogen) atoms. The number of amides is 3. The zero-order valence-corrected chi connectivity index (χ0v) is 16.9. The lowest BCUT2D eigenvalue weighted by Gasteiger charge is -2.28. The van der Waals surface area contributed by atoms with E-state index in [0.717, 1.165) is 0 Å². The molecule has 11 heteroatoms. The van der Waals surface area contributed by atoms with Crippen LogP contribution in [0.1, 0.15) is 46.5 Å². The number of nitrogens with zero attached hydrogens (tertiary/aromatic N) is 1. The number of carbonyl (C=O) groups is 5. The first-order valence-electron chi connectivity index (χ1n) is 9.57. The summed E-state index contributed by atoms with van der Waals surface area (Å²) in [7, 11) is 0. The van der Waals surface area contributed by atoms with E-state index in [1.54, 1.807) is 13.8 Å². The molecule has 0 spiro atoms. The molecule has 1 saturated heterocycles. The SMILES string of the molecule is CC(C)[C@H](N)C(=O)N[C@@H](C)C(=O)N1CCC[C@H]1C(=O)N[C@@H](CCC(=O)O)C(=O)O. The summed E-state index contributed by atoms with van der Waals surface area (Å²) in [5, 5.41) is 22.7. The van der Waals surface area contributed by atoms with Crippen molar-refractivity contribution >= 4 is 29.7 Å². The largest absolute Gasteiger partial charge is 0.481 e. The number of likely N-dealkylation sites (tertiary alicyclic amines) is 1. The van der Waals surface area contributed by atoms with Crippen molar-refractivity contribution in [1.29, 1.82) is 0 Å². The molecule has 0 aliphatic carbocycles. The van der Waals surface area contributed by atoms with Gasteiger partial charge in [-0.15, -0.1) is 0 Å². The van der Waals surface area contributed by atoms with Crippen LogP contribution in [0.25, 0.3) is 0 Å². The number of rotatable bonds is 10. The molecule has 0 aromatic rings. The summed E-state index contributed by atoms with van der Waals surface area (Å²) in [6.45, 7) is 5.34. The Kier molecular flexibility index (Phi) is 9.02. The number of nitrogens with two attached hydrogens (primary N) is 1. The summed E-state index contributed by atoms with van der Waals surface area (Å²) >= 11 is 0. The second-order valence-electron chi connectivity index (χ2n) is 7.52. The summed E-state index contributed by atoms with van der Waals surface area (Å²) in [4.78, 5) is 60.6. The molecule has 1 aliphatic rings. The van der Waals surface area contributed by atoms with Gasteiger partial charge in [0.15, 0.2) is 0 Å². The number of hydrogen-bond acceptors (Lipinski definition) is 6. The van der Waals surface area contributed by atoms with E-state index in [9.17, 15) is 29.1 Å². The molecule has 0 bridgehead atoms. The van der Waals surface area contributed by atoms with E-state index >= 15 is 0 Å². The van der Waals surface area contributed by atoms with Gasteiger partial charge in [-0.3, -0.25) is 19.2 Å². The fraction of sp³-hybridized carbons (Fsp3) is 0.722. The lowest BCUT2D eigenvalue weighted by Crippen LogP contribution is -2.56. The van der Waals surface area contributed by atoms with Crippen LogP contribution in [0.3, 0.4) is 0 Å². The van der Waals surface area contributed by atoms with Crippen LogP contribution < -0.4 is 16.4 Å². The first kappa shape index (κ1) is 24.3. The van der Waals surface area contributed by atoms with Gasteiger partial charge in [-0.2, -0.15) is 0 Å². The Morgan fingerprint density at radius 3 is 2.24 bits per heavy atom. The molecule has 0 aromatic carbocycles. The van der Waals surface area contributed by atoms with Crippen LogP contribution in [0.2, 0.25) is 0 Å². The highest BCUT2D eigenvalue weighted by Gasteiger charge is 2.38. The average molecular weight is 414 g/mol. The van der Waals surface area contributed by atoms with E-state index in [1.165, 1.54) is 11.8 Å². The first-order valence-corrected chi connectivity index (χ1v) is 9.57. The molecule has 0 radical (unpaired) electrons. The molecule has 0 unspecified atom stereocenters. The molecule has 1 rings (SSSR count). The molecular weight excluding hydrogens is 384 g/mol. The smallest absolute Gasteiger partial charge is 0.326 e. The number of carboxylic acids is 2. The van der Waals surface area contributed by atoms with Gasteiger partial charge in [0.1, 0.15) is 18.1 Å². The van der Waals surface area contributed by atoms with Gasteiger partial charge in [0.25, 0.3) is 0 Å². The third-order valence-electron chi connectivity index (χ3n) is 4.85. The minimum absolute atomic E-state index is 0.110. The van der Waals surface area contributed by atoms with Gasteiger partial charge in [0.05, 0.1) is 6.04 Å². The van der Waals surface area contributed by atoms with Crippen LogP contribution in [-0.4, -0.2) is 75.5 Å². The Labute approximate surface area is 169 Å². The molecule has 3 amide bonds. The average Bonchev–Trinajstić information content (AvgIpc) is 3.12. The second kappa shape index (κ2) is 10.7. The third kappa shape index (κ3) is 7.00. The molecular formula is C18H30N4O7. The molecule has 6 N–H and O–H groups in total. The maximum Gasteiger partial charge on any atom is 0.326 e. The predicted molar refractivity (Wildman–Crippen MR) is 102 cm³/mol. The van der Waals surface area contributed by atoms with Crippen molar-refractivity contribution in [3.63, 3.8) is 0 Å². The predicted octanol–water partition coefficient (Wildman–Crippen LogP) is -1.10. The highest BCUT2D eigenvalue weighted by atomic mass is 16.4. The molecule has 1 aliphatic heterocycles. The molecule has 4 atom stereocenters. The van der Waals surface area contributed by atoms with Crippen molar-refractivity contribution < 1.29 is 34.2 Å². The quantitative estimate of drug-likeness (QED) is 0.299. The van der Waals surface area contributed by atoms with Crippen molar-refractivity contribution in [2.75, 3.05) is 6.54 Å². The van der Waals surface area contributed by atoms with Crippen LogP contribution in [0, 0.1) is 5.92 Å². The van der Waals surface area contributed by atoms with Crippen molar-refractivity contribution in [3.05, 3.63) is 0 Å². The number of carboxylic acid groups (broad SMARTS) is 2. The lowest BCUT2D eigenvalue weighted by atomic mass is 10.0. The van der Waals surface area contributed by atoms with Crippen molar-refractivity contribution in [3.8, 4) is 0 Å². The van der Waals surface area contributed by atoms with Gasteiger partial charge in [-0.1, -0.05) is 13.8 Å². The summed E-state index contributed by atoms with van der Waals surface area (Å²) in [5.74, 6) is -4.23. The summed E-state index contributed by atoms with van der Waals surface area (Å²) in [5.41, 5.74) is 5.77. The minimum atomic E-state index is -1.36. The normalized spacial score (nSPS) is 19.3. The van der Waals surface area contributed by atoms with Crippen molar-refractivity contribution in [1.82, 2.24) is 15.5 Å². The third-order valence-corrected chi connectivity index (χ3v) is 4.85. The highest BCUT2D eigenvalue weighted by Crippen LogP contribution is 2.19. The Morgan fingerprint density at radius 2 is 1.72 bits per heavy atom. The zero-order valence-electron chi connectivity index (χ0n) is 16.9. The fourth-order valence-electron chi connectivity index (χ4n) is 3.02. The summed E-state index contributed by atoms with van der Waals surface area (Å²) in [6.07, 6.45) is 0.207. The number of aliphatic carboxylic acids is 2. The molecule has 1 heterocycles. The Morgan fingerprint density at radius 1 is 1.10 bits per heavy atom. The topological polar surface area (TPSA) is 179 Å². The number of hydrogen-bond donors (Lipinski definition) is 5. The van der Waals surface area contributed by atoms with Crippen molar-refractivity contribution in [2.45, 2.75) is 70.6 Å². The molecule has 0 aromatic heterocycles. The molecule has 0 saturated carbocycles. The zero-order chi connectivity index (χ0) is 22.3. The van der Waals surface area contributed by atoms with Crippen LogP contribution in [0.15, 0.2) is 0 Å². The molecule has 164 valence electrons. The molecule has 11 nitrogen and oxygen atoms in total. The van der Waals surface area contributed by atoms with Gasteiger partial charge < -0.3 is 31.5 Å². The number of nitrogens with one attached hydrogen (secondary N) is 2. The highest BCUT2D eigenvalue weighted by molar-refractivity contribution is 5.94. The first-order chi connectivity index (χ1) is 13.5. The van der Waals surface area contributed by atoms with E-state index < -0.39 is 60.2 Å². The van der Waals surface area contributed by atoms with Gasteiger partial charge >= 0.3 is 11.9 Å². The van der Waals surface area contributed by atoms with Gasteiger partial charge in [0.2, 0.25) is 17.7 Å². The van der Waals surface area contributed by atoms with E-state index in [-0.39, 0.29) is 12.3 Å². The number of carbonyl (C=O) groups excluding carboxylic acids is 3. The van der Waals surface area contributed by atoms with E-state index in [0.29, 0.717) is 19.4 Å². The fourth-order valence-corrected chi connectivity index (χ4v) is 3.02. The summed E-state index contributed by atoms with van der Waals surface area (Å²) < 4.78 is 0. The summed E-state index contributed by atoms with van der Waals surface area (Å²) in [6, 6.07) is -3.92. The maximum absolute atomic E-state index is 12.7. The Bertz CT molecular complexity index is 652. The lowest BCUT2D eigenvalue weighted by molar-refractivity contribution is -0.145. The minimum Gasteiger partial charge on any atom is -0.481 e. The second-order valence-corrected chi connectivity index (χ2v) is 7.52. The van der Waals surface area contributed by atoms with Gasteiger partial charge in [-0.05, 0) is 32.1 Å². The monoisotopic (exact) mass is 414 g/mol.